The van der Waals surface area contributed by atoms with Gasteiger partial charge in [-0.1, -0.05) is 11.6 Å². The Labute approximate surface area is 94.0 Å². The van der Waals surface area contributed by atoms with Gasteiger partial charge in [-0.3, -0.25) is 4.79 Å². The van der Waals surface area contributed by atoms with E-state index in [4.69, 9.17) is 11.6 Å². The standard InChI is InChI=1S/C10H7ClF4O/c1-5-2-6(7(11)3-8(5)12)9(16)4-10(13,14)15/h2-3H,4H2,1H3. The topological polar surface area (TPSA) is 17.1 Å². The minimum Gasteiger partial charge on any atom is -0.294 e. The van der Waals surface area contributed by atoms with E-state index in [0.717, 1.165) is 12.1 Å². The van der Waals surface area contributed by atoms with Crippen LogP contribution < -0.4 is 0 Å². The molecule has 0 bridgehead atoms. The maximum atomic E-state index is 12.9. The van der Waals surface area contributed by atoms with Crippen molar-refractivity contribution in [1.82, 2.24) is 0 Å². The zero-order valence-corrected chi connectivity index (χ0v) is 8.92. The molecule has 0 heterocycles. The summed E-state index contributed by atoms with van der Waals surface area (Å²) in [5.74, 6) is -1.82. The predicted molar refractivity (Wildman–Crippen MR) is 51.1 cm³/mol. The molecule has 88 valence electrons. The molecule has 0 spiro atoms. The van der Waals surface area contributed by atoms with Gasteiger partial charge >= 0.3 is 6.18 Å². The molecule has 0 amide bonds. The molecule has 6 heteroatoms. The third kappa shape index (κ3) is 3.20. The summed E-state index contributed by atoms with van der Waals surface area (Å²) in [4.78, 5) is 11.2. The molecule has 0 saturated carbocycles. The van der Waals surface area contributed by atoms with Crippen molar-refractivity contribution >= 4 is 17.4 Å². The van der Waals surface area contributed by atoms with Crippen molar-refractivity contribution in [1.29, 1.82) is 0 Å². The van der Waals surface area contributed by atoms with Gasteiger partial charge < -0.3 is 0 Å². The zero-order chi connectivity index (χ0) is 12.5. The second kappa shape index (κ2) is 4.41. The van der Waals surface area contributed by atoms with Crippen molar-refractivity contribution in [2.75, 3.05) is 0 Å². The van der Waals surface area contributed by atoms with Crippen molar-refractivity contribution in [3.05, 3.63) is 34.1 Å². The summed E-state index contributed by atoms with van der Waals surface area (Å²) < 4.78 is 48.8. The number of carbonyl (C=O) groups is 1. The molecule has 0 aliphatic heterocycles. The number of alkyl halides is 3. The molecule has 0 saturated heterocycles. The Balaban J connectivity index is 3.05. The first kappa shape index (κ1) is 13.0. The molecule has 1 nitrogen and oxygen atoms in total. The summed E-state index contributed by atoms with van der Waals surface area (Å²) in [7, 11) is 0. The lowest BCUT2D eigenvalue weighted by atomic mass is 10.1. The van der Waals surface area contributed by atoms with E-state index < -0.39 is 24.2 Å². The van der Waals surface area contributed by atoms with Crippen LogP contribution in [0.4, 0.5) is 17.6 Å². The molecule has 0 radical (unpaired) electrons. The van der Waals surface area contributed by atoms with Crippen LogP contribution >= 0.6 is 11.6 Å². The normalized spacial score (nSPS) is 11.6. The highest BCUT2D eigenvalue weighted by Gasteiger charge is 2.32. The van der Waals surface area contributed by atoms with E-state index in [1.54, 1.807) is 0 Å². The molecule has 0 aliphatic rings. The van der Waals surface area contributed by atoms with Gasteiger partial charge in [0.2, 0.25) is 0 Å². The van der Waals surface area contributed by atoms with Gasteiger partial charge in [-0.05, 0) is 24.6 Å². The first-order valence-corrected chi connectivity index (χ1v) is 4.64. The van der Waals surface area contributed by atoms with Crippen LogP contribution in [0.2, 0.25) is 5.02 Å². The van der Waals surface area contributed by atoms with E-state index in [0.29, 0.717) is 0 Å². The third-order valence-corrected chi connectivity index (χ3v) is 2.22. The average Bonchev–Trinajstić information content (AvgIpc) is 2.08. The number of benzene rings is 1. The number of ketones is 1. The van der Waals surface area contributed by atoms with Crippen LogP contribution in [0.5, 0.6) is 0 Å². The van der Waals surface area contributed by atoms with Crippen LogP contribution in [-0.4, -0.2) is 12.0 Å². The van der Waals surface area contributed by atoms with Crippen LogP contribution in [0.15, 0.2) is 12.1 Å². The van der Waals surface area contributed by atoms with E-state index in [9.17, 15) is 22.4 Å². The van der Waals surface area contributed by atoms with E-state index in [1.807, 2.05) is 0 Å². The van der Waals surface area contributed by atoms with Gasteiger partial charge in [0.25, 0.3) is 0 Å². The molecule has 1 aromatic rings. The van der Waals surface area contributed by atoms with Gasteiger partial charge in [-0.25, -0.2) is 4.39 Å². The van der Waals surface area contributed by atoms with Gasteiger partial charge in [0.15, 0.2) is 5.78 Å². The predicted octanol–water partition coefficient (Wildman–Crippen LogP) is 3.92. The maximum absolute atomic E-state index is 12.9. The first-order valence-electron chi connectivity index (χ1n) is 4.26. The third-order valence-electron chi connectivity index (χ3n) is 1.91. The Morgan fingerprint density at radius 1 is 1.38 bits per heavy atom. The molecule has 1 aromatic carbocycles. The number of halogens is 5. The summed E-state index contributed by atoms with van der Waals surface area (Å²) in [5.41, 5.74) is -0.229. The molecule has 0 aliphatic carbocycles. The monoisotopic (exact) mass is 254 g/mol. The quantitative estimate of drug-likeness (QED) is 0.577. The number of carbonyl (C=O) groups excluding carboxylic acids is 1. The van der Waals surface area contributed by atoms with Gasteiger partial charge in [-0.2, -0.15) is 13.2 Å². The van der Waals surface area contributed by atoms with Crippen LogP contribution in [0.1, 0.15) is 22.3 Å². The highest BCUT2D eigenvalue weighted by atomic mass is 35.5. The molecule has 0 atom stereocenters. The van der Waals surface area contributed by atoms with Crippen LogP contribution in [0.25, 0.3) is 0 Å². The second-order valence-corrected chi connectivity index (χ2v) is 3.70. The van der Waals surface area contributed by atoms with Crippen molar-refractivity contribution in [2.24, 2.45) is 0 Å². The minimum absolute atomic E-state index is 0.0786. The minimum atomic E-state index is -4.59. The molecular formula is C10H7ClF4O. The molecule has 0 aromatic heterocycles. The summed E-state index contributed by atoms with van der Waals surface area (Å²) in [6.45, 7) is 1.34. The smallest absolute Gasteiger partial charge is 0.294 e. The Kier molecular flexibility index (Phi) is 3.57. The largest absolute Gasteiger partial charge is 0.396 e. The number of hydrogen-bond acceptors (Lipinski definition) is 1. The lowest BCUT2D eigenvalue weighted by Gasteiger charge is -2.08. The maximum Gasteiger partial charge on any atom is 0.396 e. The molecular weight excluding hydrogens is 248 g/mol. The second-order valence-electron chi connectivity index (χ2n) is 3.30. The molecule has 0 unspecified atom stereocenters. The SMILES string of the molecule is Cc1cc(C(=O)CC(F)(F)F)c(Cl)cc1F. The summed E-state index contributed by atoms with van der Waals surface area (Å²) in [6, 6.07) is 1.85. The fourth-order valence-electron chi connectivity index (χ4n) is 1.15. The Bertz CT molecular complexity index is 426. The van der Waals surface area contributed by atoms with E-state index >= 15 is 0 Å². The number of hydrogen-bond donors (Lipinski definition) is 0. The van der Waals surface area contributed by atoms with Crippen molar-refractivity contribution in [3.63, 3.8) is 0 Å². The fourth-order valence-corrected chi connectivity index (χ4v) is 1.40. The van der Waals surface area contributed by atoms with E-state index in [1.165, 1.54) is 6.92 Å². The highest BCUT2D eigenvalue weighted by molar-refractivity contribution is 6.34. The Hall–Kier alpha value is -1.10. The van der Waals surface area contributed by atoms with Crippen LogP contribution in [0.3, 0.4) is 0 Å². The van der Waals surface area contributed by atoms with Gasteiger partial charge in [0, 0.05) is 5.56 Å². The van der Waals surface area contributed by atoms with E-state index in [-0.39, 0.29) is 16.1 Å². The lowest BCUT2D eigenvalue weighted by molar-refractivity contribution is -0.125. The average molecular weight is 255 g/mol. The van der Waals surface area contributed by atoms with Gasteiger partial charge in [0.1, 0.15) is 12.2 Å². The molecule has 0 fully saturated rings. The lowest BCUT2D eigenvalue weighted by Crippen LogP contribution is -2.15. The Morgan fingerprint density at radius 3 is 2.44 bits per heavy atom. The summed E-state index contributed by atoms with van der Waals surface area (Å²) in [6.07, 6.45) is -6.19. The molecule has 0 N–H and O–H groups in total. The molecule has 16 heavy (non-hydrogen) atoms. The zero-order valence-electron chi connectivity index (χ0n) is 8.16. The van der Waals surface area contributed by atoms with Crippen molar-refractivity contribution in [2.45, 2.75) is 19.5 Å². The van der Waals surface area contributed by atoms with Crippen LogP contribution in [0, 0.1) is 12.7 Å². The number of rotatable bonds is 2. The number of Topliss-reactive ketones (excluding diaryl/α,β-unsaturated/α-hetero) is 1. The summed E-state index contributed by atoms with van der Waals surface area (Å²) in [5, 5.41) is -0.308. The Morgan fingerprint density at radius 2 is 1.94 bits per heavy atom. The number of aryl methyl sites for hydroxylation is 1. The summed E-state index contributed by atoms with van der Waals surface area (Å²) >= 11 is 5.50. The van der Waals surface area contributed by atoms with Gasteiger partial charge in [0.05, 0.1) is 5.02 Å². The van der Waals surface area contributed by atoms with E-state index in [2.05, 4.69) is 0 Å². The fraction of sp³-hybridized carbons (Fsp3) is 0.300. The van der Waals surface area contributed by atoms with Crippen molar-refractivity contribution < 1.29 is 22.4 Å². The highest BCUT2D eigenvalue weighted by Crippen LogP contribution is 2.26. The van der Waals surface area contributed by atoms with Crippen LogP contribution in [-0.2, 0) is 0 Å². The first-order chi connectivity index (χ1) is 7.20. The van der Waals surface area contributed by atoms with Crippen molar-refractivity contribution in [3.8, 4) is 0 Å². The molecule has 1 rings (SSSR count). The van der Waals surface area contributed by atoms with Gasteiger partial charge in [-0.15, -0.1) is 0 Å².